The molecule has 0 saturated heterocycles. The molecule has 6 aliphatic carbocycles. The Labute approximate surface area is 276 Å². The third kappa shape index (κ3) is 10.5. The molecule has 0 nitrogen and oxygen atoms in total. The molecule has 0 unspecified atom stereocenters. The van der Waals surface area contributed by atoms with Crippen LogP contribution < -0.4 is 0 Å². The molecule has 0 radical (unpaired) electrons. The van der Waals surface area contributed by atoms with Crippen molar-refractivity contribution in [1.29, 1.82) is 0 Å². The fraction of sp³-hybridized carbons (Fsp3) is 0.130. The second-order valence-corrected chi connectivity index (χ2v) is 11.4. The van der Waals surface area contributed by atoms with E-state index in [-0.39, 0.29) is 0 Å². The van der Waals surface area contributed by atoms with E-state index < -0.39 is 0 Å². The van der Waals surface area contributed by atoms with E-state index in [9.17, 15) is 0 Å². The SMILES string of the molecule is C1=CC2=C(C1)CC=C2.C1=CC2=C(C=CC2)C1.C1=CCC=C1.C1=Cc2ccccc2C1.c1ccc2ccccc2c1.c1ccccc1. The molecule has 0 fully saturated rings. The van der Waals surface area contributed by atoms with Crippen molar-refractivity contribution in [2.24, 2.45) is 0 Å². The van der Waals surface area contributed by atoms with Crippen molar-refractivity contribution in [3.63, 3.8) is 0 Å². The van der Waals surface area contributed by atoms with Crippen LogP contribution >= 0.6 is 0 Å². The first-order chi connectivity index (χ1) is 22.9. The smallest absolute Gasteiger partial charge is 0.00882 e. The van der Waals surface area contributed by atoms with Crippen LogP contribution in [0.25, 0.3) is 16.8 Å². The first-order valence-corrected chi connectivity index (χ1v) is 16.5. The van der Waals surface area contributed by atoms with Crippen LogP contribution in [0.2, 0.25) is 0 Å². The summed E-state index contributed by atoms with van der Waals surface area (Å²) in [5.74, 6) is 0. The highest BCUT2D eigenvalue weighted by atomic mass is 14.1. The van der Waals surface area contributed by atoms with Crippen molar-refractivity contribution in [2.75, 3.05) is 0 Å². The molecule has 46 heavy (non-hydrogen) atoms. The Hall–Kier alpha value is -5.20. The Balaban J connectivity index is 0.000000110. The van der Waals surface area contributed by atoms with E-state index in [1.807, 2.05) is 36.4 Å². The summed E-state index contributed by atoms with van der Waals surface area (Å²) in [5.41, 5.74) is 8.97. The third-order valence-electron chi connectivity index (χ3n) is 8.13. The van der Waals surface area contributed by atoms with Crippen LogP contribution in [0.3, 0.4) is 0 Å². The Morgan fingerprint density at radius 1 is 0.348 bits per heavy atom. The normalized spacial score (nSPS) is 15.8. The monoisotopic (exact) mass is 596 g/mol. The topological polar surface area (TPSA) is 0 Å². The van der Waals surface area contributed by atoms with E-state index in [2.05, 4.69) is 158 Å². The molecule has 0 atom stereocenters. The minimum Gasteiger partial charge on any atom is -0.0808 e. The van der Waals surface area contributed by atoms with Gasteiger partial charge in [0.15, 0.2) is 0 Å². The zero-order valence-electron chi connectivity index (χ0n) is 26.7. The Morgan fingerprint density at radius 2 is 0.804 bits per heavy atom. The maximum atomic E-state index is 2.23. The highest BCUT2D eigenvalue weighted by Gasteiger charge is 2.09. The van der Waals surface area contributed by atoms with Gasteiger partial charge in [-0.1, -0.05) is 200 Å². The zero-order valence-corrected chi connectivity index (χ0v) is 26.7. The molecule has 0 bridgehead atoms. The summed E-state index contributed by atoms with van der Waals surface area (Å²) < 4.78 is 0. The van der Waals surface area contributed by atoms with Crippen molar-refractivity contribution in [2.45, 2.75) is 38.5 Å². The fourth-order valence-corrected chi connectivity index (χ4v) is 5.64. The van der Waals surface area contributed by atoms with Crippen LogP contribution in [-0.2, 0) is 6.42 Å². The third-order valence-corrected chi connectivity index (χ3v) is 8.13. The largest absolute Gasteiger partial charge is 0.0808 e. The Kier molecular flexibility index (Phi) is 13.0. The standard InChI is InChI=1S/C10H8.C9H8.2C8H8.C6H6.C5H6/c1-2-6-10-8-4-3-7-9(10)5-1;1-2-5-9-7-3-6-8(9)4-1;2*1-3-7-5-2-6-8(7)4-1;1-2-4-6-5-3-1;1-2-4-5-3-1/h1-8H;1-6H,7H2;1-3,6H,4-5H2;1-3,5H,4,6H2;1-6H;1-4H,5H2. The van der Waals surface area contributed by atoms with Gasteiger partial charge >= 0.3 is 0 Å². The molecule has 0 heterocycles. The van der Waals surface area contributed by atoms with Crippen molar-refractivity contribution in [1.82, 2.24) is 0 Å². The van der Waals surface area contributed by atoms with Crippen LogP contribution in [0, 0.1) is 0 Å². The predicted octanol–water partition coefficient (Wildman–Crippen LogP) is 12.7. The van der Waals surface area contributed by atoms with Crippen molar-refractivity contribution >= 4 is 16.8 Å². The lowest BCUT2D eigenvalue weighted by Gasteiger charge is -1.93. The van der Waals surface area contributed by atoms with Crippen molar-refractivity contribution in [3.8, 4) is 0 Å². The van der Waals surface area contributed by atoms with Gasteiger partial charge in [-0.05, 0) is 77.1 Å². The van der Waals surface area contributed by atoms with Gasteiger partial charge in [0, 0.05) is 0 Å². The molecule has 0 saturated carbocycles. The summed E-state index contributed by atoms with van der Waals surface area (Å²) in [6.07, 6.45) is 37.5. The van der Waals surface area contributed by atoms with Gasteiger partial charge in [0.25, 0.3) is 0 Å². The predicted molar refractivity (Wildman–Crippen MR) is 202 cm³/mol. The summed E-state index contributed by atoms with van der Waals surface area (Å²) in [6.45, 7) is 0. The van der Waals surface area contributed by atoms with E-state index in [4.69, 9.17) is 0 Å². The number of benzene rings is 4. The highest BCUT2D eigenvalue weighted by Crippen LogP contribution is 2.28. The lowest BCUT2D eigenvalue weighted by atomic mass is 10.1. The van der Waals surface area contributed by atoms with Gasteiger partial charge in [-0.25, -0.2) is 0 Å². The van der Waals surface area contributed by atoms with E-state index in [0.717, 1.165) is 12.8 Å². The first-order valence-electron chi connectivity index (χ1n) is 16.5. The van der Waals surface area contributed by atoms with Crippen LogP contribution in [0.15, 0.2) is 210 Å². The van der Waals surface area contributed by atoms with E-state index in [1.54, 1.807) is 5.57 Å². The average Bonchev–Trinajstić information content (AvgIpc) is 3.95. The molecule has 0 N–H and O–H groups in total. The number of rotatable bonds is 0. The molecular formula is C46H44. The number of allylic oxidation sites excluding steroid dienone is 17. The number of hydrogen-bond donors (Lipinski definition) is 0. The average molecular weight is 597 g/mol. The van der Waals surface area contributed by atoms with Gasteiger partial charge in [0.05, 0.1) is 0 Å². The first kappa shape index (κ1) is 32.2. The highest BCUT2D eigenvalue weighted by molar-refractivity contribution is 5.82. The molecule has 0 heteroatoms. The van der Waals surface area contributed by atoms with Gasteiger partial charge < -0.3 is 0 Å². The quantitative estimate of drug-likeness (QED) is 0.189. The molecule has 6 aliphatic rings. The van der Waals surface area contributed by atoms with Crippen LogP contribution in [0.4, 0.5) is 0 Å². The Bertz CT molecular complexity index is 1670. The number of fused-ring (bicyclic) bond motifs is 2. The molecule has 0 aromatic heterocycles. The van der Waals surface area contributed by atoms with Crippen molar-refractivity contribution in [3.05, 3.63) is 222 Å². The summed E-state index contributed by atoms with van der Waals surface area (Å²) in [4.78, 5) is 0. The summed E-state index contributed by atoms with van der Waals surface area (Å²) in [5, 5.41) is 2.62. The molecule has 0 aliphatic heterocycles. The molecule has 4 aromatic carbocycles. The zero-order chi connectivity index (χ0) is 31.5. The lowest BCUT2D eigenvalue weighted by Crippen LogP contribution is -1.76. The van der Waals surface area contributed by atoms with Crippen LogP contribution in [0.5, 0.6) is 0 Å². The van der Waals surface area contributed by atoms with Gasteiger partial charge in [-0.3, -0.25) is 0 Å². The Morgan fingerprint density at radius 3 is 1.26 bits per heavy atom. The van der Waals surface area contributed by atoms with Crippen LogP contribution in [-0.4, -0.2) is 0 Å². The molecule has 228 valence electrons. The fourth-order valence-electron chi connectivity index (χ4n) is 5.64. The van der Waals surface area contributed by atoms with E-state index in [0.29, 0.717) is 0 Å². The minimum atomic E-state index is 1.12. The van der Waals surface area contributed by atoms with Gasteiger partial charge in [0.1, 0.15) is 0 Å². The summed E-state index contributed by atoms with van der Waals surface area (Å²) in [6, 6.07) is 37.2. The van der Waals surface area contributed by atoms with Crippen molar-refractivity contribution < 1.29 is 0 Å². The number of hydrogen-bond acceptors (Lipinski definition) is 0. The molecule has 0 spiro atoms. The molecule has 4 aromatic rings. The van der Waals surface area contributed by atoms with E-state index in [1.165, 1.54) is 64.3 Å². The molecule has 0 amide bonds. The maximum Gasteiger partial charge on any atom is -0.00882 e. The second-order valence-electron chi connectivity index (χ2n) is 11.4. The lowest BCUT2D eigenvalue weighted by molar-refractivity contribution is 1.15. The van der Waals surface area contributed by atoms with Crippen LogP contribution in [0.1, 0.15) is 43.2 Å². The van der Waals surface area contributed by atoms with Gasteiger partial charge in [-0.2, -0.15) is 0 Å². The maximum absolute atomic E-state index is 2.23. The molecule has 10 rings (SSSR count). The summed E-state index contributed by atoms with van der Waals surface area (Å²) in [7, 11) is 0. The van der Waals surface area contributed by atoms with Gasteiger partial charge in [0.2, 0.25) is 0 Å². The second kappa shape index (κ2) is 18.6. The minimum absolute atomic E-state index is 1.12. The summed E-state index contributed by atoms with van der Waals surface area (Å²) >= 11 is 0. The van der Waals surface area contributed by atoms with Gasteiger partial charge in [-0.15, -0.1) is 0 Å². The molecular weight excluding hydrogens is 553 g/mol. The van der Waals surface area contributed by atoms with E-state index >= 15 is 0 Å².